The molecule has 1 aromatic carbocycles. The van der Waals surface area contributed by atoms with E-state index < -0.39 is 6.10 Å². The van der Waals surface area contributed by atoms with Crippen LogP contribution in [0.1, 0.15) is 22.1 Å². The van der Waals surface area contributed by atoms with E-state index in [2.05, 4.69) is 15.9 Å². The maximum atomic E-state index is 10.2. The molecule has 1 aromatic heterocycles. The van der Waals surface area contributed by atoms with Gasteiger partial charge in [-0.2, -0.15) is 0 Å². The molecule has 1 atom stereocenters. The minimum absolute atomic E-state index is 0.501. The first-order chi connectivity index (χ1) is 8.06. The van der Waals surface area contributed by atoms with Crippen molar-refractivity contribution in [3.63, 3.8) is 0 Å². The Morgan fingerprint density at radius 2 is 2.12 bits per heavy atom. The lowest BCUT2D eigenvalue weighted by Gasteiger charge is -2.13. The average molecular weight is 332 g/mol. The normalized spacial score (nSPS) is 12.7. The number of benzene rings is 1. The highest BCUT2D eigenvalue weighted by molar-refractivity contribution is 9.11. The van der Waals surface area contributed by atoms with Gasteiger partial charge in [0, 0.05) is 16.3 Å². The van der Waals surface area contributed by atoms with Crippen molar-refractivity contribution < 1.29 is 5.11 Å². The van der Waals surface area contributed by atoms with Crippen LogP contribution < -0.4 is 0 Å². The van der Waals surface area contributed by atoms with Crippen LogP contribution in [0.2, 0.25) is 5.02 Å². The Labute approximate surface area is 118 Å². The lowest BCUT2D eigenvalue weighted by atomic mass is 10.0. The molecular formula is C13H12BrClOS. The third-order valence-corrected chi connectivity index (χ3v) is 4.50. The van der Waals surface area contributed by atoms with Crippen molar-refractivity contribution in [2.24, 2.45) is 0 Å². The number of aliphatic hydroxyl groups excluding tert-OH is 1. The molecule has 0 radical (unpaired) electrons. The Hall–Kier alpha value is -0.350. The van der Waals surface area contributed by atoms with E-state index in [1.165, 1.54) is 0 Å². The van der Waals surface area contributed by atoms with Crippen LogP contribution in [0, 0.1) is 6.92 Å². The van der Waals surface area contributed by atoms with Crippen molar-refractivity contribution in [2.75, 3.05) is 0 Å². The lowest BCUT2D eigenvalue weighted by Crippen LogP contribution is -2.02. The fraction of sp³-hybridized carbons (Fsp3) is 0.231. The van der Waals surface area contributed by atoms with E-state index in [1.807, 2.05) is 37.3 Å². The molecule has 2 aromatic rings. The number of aryl methyl sites for hydroxylation is 1. The Kier molecular flexibility index (Phi) is 4.26. The topological polar surface area (TPSA) is 20.2 Å². The zero-order valence-corrected chi connectivity index (χ0v) is 12.4. The van der Waals surface area contributed by atoms with Gasteiger partial charge in [0.15, 0.2) is 0 Å². The highest BCUT2D eigenvalue weighted by Crippen LogP contribution is 2.29. The smallest absolute Gasteiger partial charge is 0.0841 e. The van der Waals surface area contributed by atoms with E-state index in [-0.39, 0.29) is 0 Å². The molecule has 0 aliphatic carbocycles. The molecule has 0 spiro atoms. The van der Waals surface area contributed by atoms with Crippen molar-refractivity contribution in [2.45, 2.75) is 19.4 Å². The molecule has 0 saturated heterocycles. The second-order valence-corrected chi connectivity index (χ2v) is 6.91. The van der Waals surface area contributed by atoms with Gasteiger partial charge in [0.25, 0.3) is 0 Å². The number of hydrogen-bond donors (Lipinski definition) is 1. The summed E-state index contributed by atoms with van der Waals surface area (Å²) in [7, 11) is 0. The molecule has 0 aliphatic rings. The van der Waals surface area contributed by atoms with E-state index in [4.69, 9.17) is 11.6 Å². The molecule has 90 valence electrons. The second kappa shape index (κ2) is 5.53. The molecule has 1 unspecified atom stereocenters. The fourth-order valence-corrected chi connectivity index (χ4v) is 3.43. The van der Waals surface area contributed by atoms with Crippen molar-refractivity contribution in [3.05, 3.63) is 55.1 Å². The summed E-state index contributed by atoms with van der Waals surface area (Å²) in [6, 6.07) is 9.64. The highest BCUT2D eigenvalue weighted by atomic mass is 79.9. The number of rotatable bonds is 3. The summed E-state index contributed by atoms with van der Waals surface area (Å²) in [6.07, 6.45) is 0.122. The van der Waals surface area contributed by atoms with E-state index in [0.717, 1.165) is 19.8 Å². The molecule has 1 nitrogen and oxygen atoms in total. The molecule has 1 N–H and O–H groups in total. The molecule has 0 fully saturated rings. The van der Waals surface area contributed by atoms with Gasteiger partial charge < -0.3 is 5.11 Å². The first-order valence-electron chi connectivity index (χ1n) is 5.24. The van der Waals surface area contributed by atoms with Crippen LogP contribution in [0.15, 0.2) is 34.1 Å². The van der Waals surface area contributed by atoms with Gasteiger partial charge in [-0.1, -0.05) is 17.7 Å². The molecular weight excluding hydrogens is 320 g/mol. The predicted octanol–water partition coefficient (Wildman–Crippen LogP) is 4.75. The van der Waals surface area contributed by atoms with Crippen LogP contribution in [-0.4, -0.2) is 5.11 Å². The van der Waals surface area contributed by atoms with Crippen LogP contribution in [0.4, 0.5) is 0 Å². The van der Waals surface area contributed by atoms with Crippen molar-refractivity contribution in [1.29, 1.82) is 0 Å². The van der Waals surface area contributed by atoms with Crippen molar-refractivity contribution >= 4 is 38.9 Å². The molecule has 0 aliphatic heterocycles. The summed E-state index contributed by atoms with van der Waals surface area (Å²) < 4.78 is 1.09. The van der Waals surface area contributed by atoms with Crippen molar-refractivity contribution in [1.82, 2.24) is 0 Å². The number of aliphatic hydroxyl groups is 1. The van der Waals surface area contributed by atoms with Crippen LogP contribution in [0.3, 0.4) is 0 Å². The van der Waals surface area contributed by atoms with E-state index in [0.29, 0.717) is 11.4 Å². The van der Waals surface area contributed by atoms with Gasteiger partial charge in [0.05, 0.1) is 9.89 Å². The van der Waals surface area contributed by atoms with E-state index in [9.17, 15) is 5.11 Å². The quantitative estimate of drug-likeness (QED) is 0.860. The summed E-state index contributed by atoms with van der Waals surface area (Å²) in [5.41, 5.74) is 1.97. The maximum Gasteiger partial charge on any atom is 0.0841 e. The van der Waals surface area contributed by atoms with E-state index in [1.54, 1.807) is 11.3 Å². The van der Waals surface area contributed by atoms with Crippen LogP contribution in [-0.2, 0) is 6.42 Å². The Morgan fingerprint density at radius 1 is 1.35 bits per heavy atom. The summed E-state index contributed by atoms with van der Waals surface area (Å²) in [5.74, 6) is 0. The third-order valence-electron chi connectivity index (χ3n) is 2.62. The Bertz CT molecular complexity index is 524. The van der Waals surface area contributed by atoms with Gasteiger partial charge >= 0.3 is 0 Å². The minimum atomic E-state index is -0.501. The third kappa shape index (κ3) is 3.32. The summed E-state index contributed by atoms with van der Waals surface area (Å²) in [5, 5.41) is 10.9. The summed E-state index contributed by atoms with van der Waals surface area (Å²) in [6.45, 7) is 1.99. The van der Waals surface area contributed by atoms with Crippen molar-refractivity contribution in [3.8, 4) is 0 Å². The first kappa shape index (κ1) is 13.1. The lowest BCUT2D eigenvalue weighted by molar-refractivity contribution is 0.178. The Balaban J connectivity index is 2.19. The zero-order valence-electron chi connectivity index (χ0n) is 9.28. The van der Waals surface area contributed by atoms with Gasteiger partial charge in [-0.15, -0.1) is 11.3 Å². The minimum Gasteiger partial charge on any atom is -0.388 e. The monoisotopic (exact) mass is 330 g/mol. The summed E-state index contributed by atoms with van der Waals surface area (Å²) in [4.78, 5) is 1.16. The van der Waals surface area contributed by atoms with Crippen LogP contribution >= 0.6 is 38.9 Å². The molecule has 17 heavy (non-hydrogen) atoms. The second-order valence-electron chi connectivity index (χ2n) is 3.93. The van der Waals surface area contributed by atoms with Gasteiger partial charge in [-0.05, 0) is 58.2 Å². The number of halogens is 2. The molecule has 0 amide bonds. The average Bonchev–Trinajstić information content (AvgIpc) is 2.67. The van der Waals surface area contributed by atoms with Crippen LogP contribution in [0.25, 0.3) is 0 Å². The molecule has 4 heteroatoms. The van der Waals surface area contributed by atoms with Gasteiger partial charge in [0.2, 0.25) is 0 Å². The van der Waals surface area contributed by atoms with Gasteiger partial charge in [-0.25, -0.2) is 0 Å². The predicted molar refractivity (Wildman–Crippen MR) is 76.9 cm³/mol. The Morgan fingerprint density at radius 3 is 2.76 bits per heavy atom. The maximum absolute atomic E-state index is 10.2. The SMILES string of the molecule is Cc1ccc(Cl)cc1C(O)Cc1ccc(Br)s1. The van der Waals surface area contributed by atoms with Crippen LogP contribution in [0.5, 0.6) is 0 Å². The molecule has 2 rings (SSSR count). The largest absolute Gasteiger partial charge is 0.388 e. The van der Waals surface area contributed by atoms with Gasteiger partial charge in [0.1, 0.15) is 0 Å². The fourth-order valence-electron chi connectivity index (χ4n) is 1.73. The molecule has 0 saturated carbocycles. The number of thiophene rings is 1. The van der Waals surface area contributed by atoms with Gasteiger partial charge in [-0.3, -0.25) is 0 Å². The zero-order chi connectivity index (χ0) is 12.4. The van der Waals surface area contributed by atoms with E-state index >= 15 is 0 Å². The first-order valence-corrected chi connectivity index (χ1v) is 7.23. The molecule has 1 heterocycles. The highest BCUT2D eigenvalue weighted by Gasteiger charge is 2.13. The standard InChI is InChI=1S/C13H12BrClOS/c1-8-2-3-9(15)6-11(8)12(16)7-10-4-5-13(14)17-10/h2-6,12,16H,7H2,1H3. The number of hydrogen-bond acceptors (Lipinski definition) is 2. The summed E-state index contributed by atoms with van der Waals surface area (Å²) >= 11 is 11.0. The molecule has 0 bridgehead atoms.